The number of nitrogens with one attached hydrogen (secondary N) is 1. The summed E-state index contributed by atoms with van der Waals surface area (Å²) < 4.78 is 0. The molecule has 0 aromatic heterocycles. The number of hydrogen-bond donors (Lipinski definition) is 2. The van der Waals surface area contributed by atoms with Crippen LogP contribution in [0, 0.1) is 11.3 Å². The number of hydrogen-bond acceptors (Lipinski definition) is 3. The standard InChI is InChI=1S/C8H18N4/c1-7(2)5-4-6-11-12(10)8(3)9/h6-7,9H,4-5,10H2,1-3H3. The molecule has 0 fully saturated rings. The summed E-state index contributed by atoms with van der Waals surface area (Å²) in [7, 11) is 0. The van der Waals surface area contributed by atoms with Gasteiger partial charge in [-0.05, 0) is 25.7 Å². The topological polar surface area (TPSA) is 65.5 Å². The molecule has 0 saturated carbocycles. The second-order valence-electron chi connectivity index (χ2n) is 3.20. The predicted molar refractivity (Wildman–Crippen MR) is 52.0 cm³/mol. The first-order valence-electron chi connectivity index (χ1n) is 4.16. The highest BCUT2D eigenvalue weighted by Crippen LogP contribution is 2.00. The highest BCUT2D eigenvalue weighted by atomic mass is 15.6. The molecule has 0 atom stereocenters. The van der Waals surface area contributed by atoms with Gasteiger partial charge >= 0.3 is 0 Å². The molecule has 4 nitrogen and oxygen atoms in total. The first-order valence-corrected chi connectivity index (χ1v) is 4.16. The number of hydrazine groups is 1. The Labute approximate surface area is 73.9 Å². The molecule has 0 aliphatic carbocycles. The Balaban J connectivity index is 3.55. The van der Waals surface area contributed by atoms with Crippen LogP contribution in [0.3, 0.4) is 0 Å². The molecule has 0 unspecified atom stereocenters. The van der Waals surface area contributed by atoms with Gasteiger partial charge in [-0.1, -0.05) is 13.8 Å². The smallest absolute Gasteiger partial charge is 0.132 e. The van der Waals surface area contributed by atoms with Crippen molar-refractivity contribution in [3.05, 3.63) is 0 Å². The van der Waals surface area contributed by atoms with Crippen LogP contribution in [-0.2, 0) is 0 Å². The van der Waals surface area contributed by atoms with Crippen molar-refractivity contribution in [2.45, 2.75) is 33.6 Å². The molecule has 0 aromatic carbocycles. The number of amidine groups is 1. The van der Waals surface area contributed by atoms with E-state index < -0.39 is 0 Å². The van der Waals surface area contributed by atoms with Crippen LogP contribution >= 0.6 is 0 Å². The lowest BCUT2D eigenvalue weighted by atomic mass is 10.1. The van der Waals surface area contributed by atoms with E-state index in [1.54, 1.807) is 13.1 Å². The number of hydrazone groups is 1. The predicted octanol–water partition coefficient (Wildman–Crippen LogP) is 1.58. The van der Waals surface area contributed by atoms with Gasteiger partial charge in [0.2, 0.25) is 0 Å². The van der Waals surface area contributed by atoms with E-state index in [0.29, 0.717) is 5.92 Å². The fraction of sp³-hybridized carbons (Fsp3) is 0.750. The minimum Gasteiger partial charge on any atom is -0.286 e. The number of nitrogens with zero attached hydrogens (tertiary/aromatic N) is 2. The van der Waals surface area contributed by atoms with E-state index >= 15 is 0 Å². The van der Waals surface area contributed by atoms with Gasteiger partial charge in [0.15, 0.2) is 0 Å². The SMILES string of the molecule is CC(=N)N(N)N=CCCC(C)C. The Bertz CT molecular complexity index is 162. The van der Waals surface area contributed by atoms with E-state index in [1.807, 2.05) is 0 Å². The third kappa shape index (κ3) is 5.85. The van der Waals surface area contributed by atoms with Gasteiger partial charge in [-0.25, -0.2) is 5.84 Å². The summed E-state index contributed by atoms with van der Waals surface area (Å²) in [5.41, 5.74) is 0. The van der Waals surface area contributed by atoms with Crippen LogP contribution in [0.2, 0.25) is 0 Å². The largest absolute Gasteiger partial charge is 0.286 e. The Hall–Kier alpha value is -0.900. The van der Waals surface area contributed by atoms with Crippen molar-refractivity contribution in [1.82, 2.24) is 5.12 Å². The average molecular weight is 170 g/mol. The van der Waals surface area contributed by atoms with Crippen LogP contribution in [0.4, 0.5) is 0 Å². The molecule has 0 bridgehead atoms. The Morgan fingerprint density at radius 3 is 2.67 bits per heavy atom. The van der Waals surface area contributed by atoms with E-state index in [4.69, 9.17) is 11.3 Å². The molecule has 0 aliphatic rings. The normalized spacial score (nSPS) is 11.1. The molecule has 4 heteroatoms. The zero-order chi connectivity index (χ0) is 9.56. The van der Waals surface area contributed by atoms with Crippen molar-refractivity contribution >= 4 is 12.1 Å². The molecule has 0 spiro atoms. The van der Waals surface area contributed by atoms with Crippen LogP contribution in [0.1, 0.15) is 33.6 Å². The molecular weight excluding hydrogens is 152 g/mol. The summed E-state index contributed by atoms with van der Waals surface area (Å²) in [4.78, 5) is 0. The first kappa shape index (κ1) is 11.1. The van der Waals surface area contributed by atoms with Crippen molar-refractivity contribution in [2.75, 3.05) is 0 Å². The van der Waals surface area contributed by atoms with E-state index in [9.17, 15) is 0 Å². The van der Waals surface area contributed by atoms with Gasteiger partial charge in [-0.2, -0.15) is 10.2 Å². The molecule has 0 rings (SSSR count). The molecule has 0 radical (unpaired) electrons. The third-order valence-corrected chi connectivity index (χ3v) is 1.42. The Morgan fingerprint density at radius 1 is 1.67 bits per heavy atom. The third-order valence-electron chi connectivity index (χ3n) is 1.42. The number of rotatable bonds is 4. The lowest BCUT2D eigenvalue weighted by Crippen LogP contribution is -2.29. The monoisotopic (exact) mass is 170 g/mol. The van der Waals surface area contributed by atoms with Crippen LogP contribution in [-0.4, -0.2) is 17.2 Å². The van der Waals surface area contributed by atoms with Crippen LogP contribution in [0.15, 0.2) is 5.10 Å². The number of nitrogens with two attached hydrogens (primary N) is 1. The summed E-state index contributed by atoms with van der Waals surface area (Å²) in [6.45, 7) is 5.92. The van der Waals surface area contributed by atoms with E-state index in [-0.39, 0.29) is 5.84 Å². The van der Waals surface area contributed by atoms with Gasteiger partial charge in [0.05, 0.1) is 0 Å². The molecule has 0 saturated heterocycles. The minimum absolute atomic E-state index is 0.246. The molecule has 0 aliphatic heterocycles. The maximum Gasteiger partial charge on any atom is 0.132 e. The van der Waals surface area contributed by atoms with Crippen molar-refractivity contribution in [1.29, 1.82) is 5.41 Å². The summed E-state index contributed by atoms with van der Waals surface area (Å²) in [6, 6.07) is 0. The van der Waals surface area contributed by atoms with Gasteiger partial charge in [-0.15, -0.1) is 0 Å². The summed E-state index contributed by atoms with van der Waals surface area (Å²) in [5.74, 6) is 6.27. The van der Waals surface area contributed by atoms with Gasteiger partial charge in [0, 0.05) is 6.21 Å². The molecule has 0 heterocycles. The van der Waals surface area contributed by atoms with Crippen molar-refractivity contribution in [3.8, 4) is 0 Å². The van der Waals surface area contributed by atoms with Gasteiger partial charge in [0.1, 0.15) is 5.84 Å². The van der Waals surface area contributed by atoms with Crippen LogP contribution in [0.5, 0.6) is 0 Å². The van der Waals surface area contributed by atoms with Crippen molar-refractivity contribution < 1.29 is 0 Å². The average Bonchev–Trinajstić information content (AvgIpc) is 1.97. The van der Waals surface area contributed by atoms with Crippen molar-refractivity contribution in [3.63, 3.8) is 0 Å². The molecular formula is C8H18N4. The van der Waals surface area contributed by atoms with Crippen LogP contribution in [0.25, 0.3) is 0 Å². The summed E-state index contributed by atoms with van der Waals surface area (Å²) >= 11 is 0. The first-order chi connectivity index (χ1) is 5.54. The summed E-state index contributed by atoms with van der Waals surface area (Å²) in [6.07, 6.45) is 3.77. The van der Waals surface area contributed by atoms with Gasteiger partial charge in [0.25, 0.3) is 0 Å². The summed E-state index contributed by atoms with van der Waals surface area (Å²) in [5, 5.41) is 12.0. The van der Waals surface area contributed by atoms with E-state index in [1.165, 1.54) is 0 Å². The fourth-order valence-corrected chi connectivity index (χ4v) is 0.640. The zero-order valence-corrected chi connectivity index (χ0v) is 8.04. The zero-order valence-electron chi connectivity index (χ0n) is 8.04. The molecule has 12 heavy (non-hydrogen) atoms. The quantitative estimate of drug-likeness (QED) is 0.291. The van der Waals surface area contributed by atoms with Gasteiger partial charge in [-0.3, -0.25) is 5.41 Å². The molecule has 3 N–H and O–H groups in total. The second kappa shape index (κ2) is 5.71. The lowest BCUT2D eigenvalue weighted by molar-refractivity contribution is 0.464. The van der Waals surface area contributed by atoms with E-state index in [0.717, 1.165) is 18.0 Å². The second-order valence-corrected chi connectivity index (χ2v) is 3.20. The maximum absolute atomic E-state index is 7.11. The van der Waals surface area contributed by atoms with Gasteiger partial charge < -0.3 is 0 Å². The Morgan fingerprint density at radius 2 is 2.25 bits per heavy atom. The minimum atomic E-state index is 0.246. The Kier molecular flexibility index (Phi) is 5.28. The lowest BCUT2D eigenvalue weighted by Gasteiger charge is -2.08. The maximum atomic E-state index is 7.11. The highest BCUT2D eigenvalue weighted by molar-refractivity contribution is 5.76. The highest BCUT2D eigenvalue weighted by Gasteiger charge is 1.93. The fourth-order valence-electron chi connectivity index (χ4n) is 0.640. The van der Waals surface area contributed by atoms with E-state index in [2.05, 4.69) is 18.9 Å². The van der Waals surface area contributed by atoms with Crippen molar-refractivity contribution in [2.24, 2.45) is 16.9 Å². The molecule has 0 amide bonds. The van der Waals surface area contributed by atoms with Crippen LogP contribution < -0.4 is 5.84 Å². The molecule has 0 aromatic rings. The molecule has 70 valence electrons.